The lowest BCUT2D eigenvalue weighted by atomic mass is 10.1. The van der Waals surface area contributed by atoms with Gasteiger partial charge in [0.2, 0.25) is 0 Å². The Balaban J connectivity index is 2.55. The molecule has 1 aliphatic rings. The summed E-state index contributed by atoms with van der Waals surface area (Å²) in [5.74, 6) is 0.725. The minimum Gasteiger partial charge on any atom is -0.378 e. The van der Waals surface area contributed by atoms with E-state index in [1.807, 2.05) is 0 Å². The number of thioether (sulfide) groups is 1. The first-order valence-electron chi connectivity index (χ1n) is 4.55. The molecule has 1 fully saturated rings. The van der Waals surface area contributed by atoms with Crippen LogP contribution in [0.25, 0.3) is 0 Å². The quantitative estimate of drug-likeness (QED) is 0.544. The van der Waals surface area contributed by atoms with Crippen molar-refractivity contribution in [1.82, 2.24) is 4.90 Å². The van der Waals surface area contributed by atoms with Crippen LogP contribution < -0.4 is 0 Å². The Hall–Kier alpha value is -0.220. The van der Waals surface area contributed by atoms with Gasteiger partial charge in [0.25, 0.3) is 0 Å². The number of morpholine rings is 1. The third kappa shape index (κ3) is 2.61. The highest BCUT2D eigenvalue weighted by molar-refractivity contribution is 8.00. The second kappa shape index (κ2) is 4.33. The summed E-state index contributed by atoms with van der Waals surface area (Å²) in [5.41, 5.74) is 0. The average Bonchev–Trinajstić information content (AvgIpc) is 2.18. The summed E-state index contributed by atoms with van der Waals surface area (Å²) in [6.45, 7) is 7.43. The van der Waals surface area contributed by atoms with Gasteiger partial charge in [-0.15, -0.1) is 0 Å². The zero-order chi connectivity index (χ0) is 9.90. The van der Waals surface area contributed by atoms with Crippen LogP contribution >= 0.6 is 11.8 Å². The Morgan fingerprint density at radius 3 is 2.38 bits per heavy atom. The summed E-state index contributed by atoms with van der Waals surface area (Å²) in [4.78, 5) is 2.11. The van der Waals surface area contributed by atoms with Crippen molar-refractivity contribution >= 4 is 17.6 Å². The minimum atomic E-state index is -0.0721. The van der Waals surface area contributed by atoms with E-state index in [2.05, 4.69) is 25.0 Å². The fraction of sp³-hybridized carbons (Fsp3) is 0.889. The second-order valence-corrected chi connectivity index (χ2v) is 5.09. The van der Waals surface area contributed by atoms with E-state index in [0.29, 0.717) is 0 Å². The molecular formula is C9H18N2OS. The van der Waals surface area contributed by atoms with Crippen molar-refractivity contribution in [3.05, 3.63) is 0 Å². The molecule has 0 aliphatic carbocycles. The Kier molecular flexibility index (Phi) is 3.62. The van der Waals surface area contributed by atoms with Crippen LogP contribution in [-0.4, -0.2) is 48.0 Å². The van der Waals surface area contributed by atoms with Crippen LogP contribution in [0.2, 0.25) is 0 Å². The van der Waals surface area contributed by atoms with Gasteiger partial charge in [0.15, 0.2) is 0 Å². The van der Waals surface area contributed by atoms with Crippen molar-refractivity contribution in [2.45, 2.75) is 18.6 Å². The smallest absolute Gasteiger partial charge is 0.112 e. The van der Waals surface area contributed by atoms with Gasteiger partial charge < -0.3 is 9.64 Å². The van der Waals surface area contributed by atoms with Crippen LogP contribution in [0, 0.1) is 5.41 Å². The topological polar surface area (TPSA) is 36.3 Å². The second-order valence-electron chi connectivity index (χ2n) is 3.66. The Morgan fingerprint density at radius 2 is 1.92 bits per heavy atom. The molecule has 3 nitrogen and oxygen atoms in total. The number of hydrogen-bond acceptors (Lipinski definition) is 3. The maximum atomic E-state index is 8.04. The first kappa shape index (κ1) is 10.9. The van der Waals surface area contributed by atoms with Gasteiger partial charge in [-0.05, 0) is 20.1 Å². The van der Waals surface area contributed by atoms with Crippen LogP contribution in [0.1, 0.15) is 13.8 Å². The SMILES string of the molecule is CSC(C)(C)C(=N)N1CCOCC1. The first-order valence-corrected chi connectivity index (χ1v) is 5.77. The number of rotatable bonds is 2. The van der Waals surface area contributed by atoms with Crippen molar-refractivity contribution in [1.29, 1.82) is 5.41 Å². The molecule has 0 unspecified atom stereocenters. The molecular weight excluding hydrogens is 184 g/mol. The van der Waals surface area contributed by atoms with Crippen LogP contribution in [0.5, 0.6) is 0 Å². The predicted molar refractivity (Wildman–Crippen MR) is 57.7 cm³/mol. The van der Waals surface area contributed by atoms with Crippen molar-refractivity contribution in [3.63, 3.8) is 0 Å². The lowest BCUT2D eigenvalue weighted by molar-refractivity contribution is 0.0663. The van der Waals surface area contributed by atoms with Gasteiger partial charge in [-0.1, -0.05) is 0 Å². The van der Waals surface area contributed by atoms with E-state index < -0.39 is 0 Å². The molecule has 1 heterocycles. The molecule has 1 saturated heterocycles. The Bertz CT molecular complexity index is 188. The zero-order valence-electron chi connectivity index (χ0n) is 8.59. The van der Waals surface area contributed by atoms with Gasteiger partial charge >= 0.3 is 0 Å². The highest BCUT2D eigenvalue weighted by Crippen LogP contribution is 2.24. The summed E-state index contributed by atoms with van der Waals surface area (Å²) < 4.78 is 5.18. The molecule has 76 valence electrons. The van der Waals surface area contributed by atoms with E-state index in [1.54, 1.807) is 11.8 Å². The molecule has 0 bridgehead atoms. The van der Waals surface area contributed by atoms with E-state index in [9.17, 15) is 0 Å². The van der Waals surface area contributed by atoms with E-state index in [0.717, 1.165) is 32.1 Å². The minimum absolute atomic E-state index is 0.0721. The fourth-order valence-electron chi connectivity index (χ4n) is 1.26. The number of amidine groups is 1. The normalized spacial score (nSPS) is 18.8. The number of nitrogens with zero attached hydrogens (tertiary/aromatic N) is 1. The van der Waals surface area contributed by atoms with Gasteiger partial charge in [0.05, 0.1) is 18.0 Å². The molecule has 0 amide bonds. The molecule has 0 aromatic heterocycles. The summed E-state index contributed by atoms with van der Waals surface area (Å²) >= 11 is 1.72. The lowest BCUT2D eigenvalue weighted by Crippen LogP contribution is -2.47. The van der Waals surface area contributed by atoms with Gasteiger partial charge in [0, 0.05) is 13.1 Å². The van der Waals surface area contributed by atoms with Crippen LogP contribution in [0.3, 0.4) is 0 Å². The van der Waals surface area contributed by atoms with Gasteiger partial charge in [-0.2, -0.15) is 11.8 Å². The predicted octanol–water partition coefficient (Wildman–Crippen LogP) is 1.44. The monoisotopic (exact) mass is 202 g/mol. The van der Waals surface area contributed by atoms with Gasteiger partial charge in [-0.3, -0.25) is 5.41 Å². The number of hydrogen-bond donors (Lipinski definition) is 1. The number of ether oxygens (including phenoxy) is 1. The van der Waals surface area contributed by atoms with E-state index in [1.165, 1.54) is 0 Å². The maximum Gasteiger partial charge on any atom is 0.112 e. The maximum absolute atomic E-state index is 8.04. The van der Waals surface area contributed by atoms with Crippen LogP contribution in [0.15, 0.2) is 0 Å². The molecule has 1 rings (SSSR count). The zero-order valence-corrected chi connectivity index (χ0v) is 9.41. The van der Waals surface area contributed by atoms with Crippen LogP contribution in [-0.2, 0) is 4.74 Å². The standard InChI is InChI=1S/C9H18N2OS/c1-9(2,13-3)8(10)11-4-6-12-7-5-11/h10H,4-7H2,1-3H3. The van der Waals surface area contributed by atoms with Gasteiger partial charge in [0.1, 0.15) is 5.84 Å². The van der Waals surface area contributed by atoms with Crippen molar-refractivity contribution < 1.29 is 4.74 Å². The van der Waals surface area contributed by atoms with E-state index in [4.69, 9.17) is 10.1 Å². The molecule has 13 heavy (non-hydrogen) atoms. The van der Waals surface area contributed by atoms with Crippen molar-refractivity contribution in [3.8, 4) is 0 Å². The van der Waals surface area contributed by atoms with Gasteiger partial charge in [-0.25, -0.2) is 0 Å². The van der Waals surface area contributed by atoms with Crippen molar-refractivity contribution in [2.75, 3.05) is 32.6 Å². The molecule has 0 saturated carbocycles. The summed E-state index contributed by atoms with van der Waals surface area (Å²) in [7, 11) is 0. The Morgan fingerprint density at radius 1 is 1.38 bits per heavy atom. The molecule has 4 heteroatoms. The molecule has 1 N–H and O–H groups in total. The fourth-order valence-corrected chi connectivity index (χ4v) is 1.59. The molecule has 0 atom stereocenters. The molecule has 1 aliphatic heterocycles. The molecule has 0 spiro atoms. The van der Waals surface area contributed by atoms with E-state index in [-0.39, 0.29) is 4.75 Å². The van der Waals surface area contributed by atoms with E-state index >= 15 is 0 Å². The van der Waals surface area contributed by atoms with Crippen molar-refractivity contribution in [2.24, 2.45) is 0 Å². The summed E-state index contributed by atoms with van der Waals surface area (Å²) in [6, 6.07) is 0. The molecule has 0 aromatic rings. The number of nitrogens with one attached hydrogen (secondary N) is 1. The molecule has 0 radical (unpaired) electrons. The highest BCUT2D eigenvalue weighted by atomic mass is 32.2. The molecule has 0 aromatic carbocycles. The third-order valence-corrected chi connectivity index (χ3v) is 3.62. The first-order chi connectivity index (χ1) is 6.08. The summed E-state index contributed by atoms with van der Waals surface area (Å²) in [5, 5.41) is 8.04. The highest BCUT2D eigenvalue weighted by Gasteiger charge is 2.28. The lowest BCUT2D eigenvalue weighted by Gasteiger charge is -2.36. The van der Waals surface area contributed by atoms with Crippen LogP contribution in [0.4, 0.5) is 0 Å². The third-order valence-electron chi connectivity index (χ3n) is 2.41. The average molecular weight is 202 g/mol. The summed E-state index contributed by atoms with van der Waals surface area (Å²) in [6.07, 6.45) is 2.05. The Labute approximate surface area is 84.3 Å². The largest absolute Gasteiger partial charge is 0.378 e.